The maximum absolute atomic E-state index is 12.4. The van der Waals surface area contributed by atoms with Gasteiger partial charge in [-0.15, -0.1) is 0 Å². The smallest absolute Gasteiger partial charge is 0.261 e. The van der Waals surface area contributed by atoms with Crippen molar-refractivity contribution in [1.29, 1.82) is 0 Å². The van der Waals surface area contributed by atoms with Crippen molar-refractivity contribution in [2.75, 3.05) is 11.8 Å². The highest BCUT2D eigenvalue weighted by Gasteiger charge is 2.15. The van der Waals surface area contributed by atoms with Crippen molar-refractivity contribution < 1.29 is 13.2 Å². The number of aromatic nitrogens is 2. The van der Waals surface area contributed by atoms with E-state index in [0.29, 0.717) is 28.0 Å². The van der Waals surface area contributed by atoms with Crippen LogP contribution in [0, 0.1) is 0 Å². The average molecular weight is 412 g/mol. The van der Waals surface area contributed by atoms with E-state index in [1.807, 2.05) is 0 Å². The summed E-state index contributed by atoms with van der Waals surface area (Å²) in [6, 6.07) is 11.3. The van der Waals surface area contributed by atoms with Crippen LogP contribution in [-0.2, 0) is 16.6 Å². The molecule has 0 atom stereocenters. The minimum absolute atomic E-state index is 0.131. The molecule has 9 heteroatoms. The van der Waals surface area contributed by atoms with Crippen LogP contribution < -0.4 is 9.46 Å². The molecule has 1 N–H and O–H groups in total. The maximum atomic E-state index is 12.4. The van der Waals surface area contributed by atoms with E-state index >= 15 is 0 Å². The van der Waals surface area contributed by atoms with Crippen LogP contribution in [0.1, 0.15) is 5.56 Å². The van der Waals surface area contributed by atoms with Gasteiger partial charge in [-0.25, -0.2) is 8.42 Å². The van der Waals surface area contributed by atoms with E-state index in [0.717, 1.165) is 5.56 Å². The summed E-state index contributed by atoms with van der Waals surface area (Å²) >= 11 is 12.0. The Balaban J connectivity index is 1.74. The van der Waals surface area contributed by atoms with Gasteiger partial charge in [0.25, 0.3) is 10.0 Å². The Bertz CT molecular complexity index is 1020. The van der Waals surface area contributed by atoms with Crippen LogP contribution in [0.4, 0.5) is 5.69 Å². The second-order valence-electron chi connectivity index (χ2n) is 5.44. The first kappa shape index (κ1) is 18.6. The van der Waals surface area contributed by atoms with Crippen LogP contribution in [0.2, 0.25) is 10.0 Å². The third-order valence-electron chi connectivity index (χ3n) is 3.60. The number of nitrogens with zero attached hydrogens (tertiary/aromatic N) is 2. The summed E-state index contributed by atoms with van der Waals surface area (Å²) in [5.41, 5.74) is 1.18. The quantitative estimate of drug-likeness (QED) is 0.663. The van der Waals surface area contributed by atoms with Crippen LogP contribution in [0.5, 0.6) is 5.75 Å². The van der Waals surface area contributed by atoms with Gasteiger partial charge in [-0.05, 0) is 42.0 Å². The normalized spacial score (nSPS) is 11.3. The minimum Gasteiger partial charge on any atom is -0.497 e. The fourth-order valence-corrected chi connectivity index (χ4v) is 3.79. The zero-order valence-corrected chi connectivity index (χ0v) is 16.0. The third-order valence-corrected chi connectivity index (χ3v) is 5.59. The van der Waals surface area contributed by atoms with E-state index in [-0.39, 0.29) is 4.90 Å². The Morgan fingerprint density at radius 3 is 2.54 bits per heavy atom. The fourth-order valence-electron chi connectivity index (χ4n) is 2.30. The highest BCUT2D eigenvalue weighted by molar-refractivity contribution is 7.92. The number of hydrogen-bond acceptors (Lipinski definition) is 4. The average Bonchev–Trinajstić information content (AvgIpc) is 3.04. The Labute approximate surface area is 161 Å². The summed E-state index contributed by atoms with van der Waals surface area (Å²) in [5, 5.41) is 5.23. The monoisotopic (exact) mass is 411 g/mol. The van der Waals surface area contributed by atoms with Gasteiger partial charge in [0, 0.05) is 16.2 Å². The molecule has 0 spiro atoms. The van der Waals surface area contributed by atoms with E-state index in [2.05, 4.69) is 9.82 Å². The van der Waals surface area contributed by atoms with Crippen molar-refractivity contribution >= 4 is 38.9 Å². The molecule has 3 rings (SSSR count). The topological polar surface area (TPSA) is 73.2 Å². The summed E-state index contributed by atoms with van der Waals surface area (Å²) in [4.78, 5) is 0.131. The molecule has 6 nitrogen and oxygen atoms in total. The molecule has 0 aliphatic carbocycles. The number of nitrogens with one attached hydrogen (secondary N) is 1. The van der Waals surface area contributed by atoms with Gasteiger partial charge in [-0.1, -0.05) is 29.3 Å². The van der Waals surface area contributed by atoms with Crippen molar-refractivity contribution in [2.45, 2.75) is 11.4 Å². The molecular weight excluding hydrogens is 397 g/mol. The predicted molar refractivity (Wildman–Crippen MR) is 102 cm³/mol. The van der Waals surface area contributed by atoms with Crippen LogP contribution in [0.3, 0.4) is 0 Å². The van der Waals surface area contributed by atoms with Gasteiger partial charge in [0.1, 0.15) is 5.75 Å². The molecular formula is C17H15Cl2N3O3S. The summed E-state index contributed by atoms with van der Waals surface area (Å²) in [7, 11) is -2.20. The number of benzene rings is 2. The van der Waals surface area contributed by atoms with Crippen molar-refractivity contribution in [3.05, 3.63) is 70.5 Å². The van der Waals surface area contributed by atoms with Gasteiger partial charge in [-0.3, -0.25) is 9.40 Å². The largest absolute Gasteiger partial charge is 0.497 e. The molecule has 0 saturated heterocycles. The molecule has 2 aromatic carbocycles. The number of sulfonamides is 1. The Kier molecular flexibility index (Phi) is 5.41. The minimum atomic E-state index is -3.71. The lowest BCUT2D eigenvalue weighted by atomic mass is 10.2. The Hall–Kier alpha value is -2.22. The second kappa shape index (κ2) is 7.57. The maximum Gasteiger partial charge on any atom is 0.261 e. The highest BCUT2D eigenvalue weighted by Crippen LogP contribution is 2.23. The first-order chi connectivity index (χ1) is 12.4. The molecule has 0 fully saturated rings. The standard InChI is InChI=1S/C17H15Cl2N3O3S/c1-25-15-4-6-16(7-5-15)26(23,24)21-14-9-20-22(11-14)10-12-2-3-13(18)8-17(12)19/h2-9,11,21H,10H2,1H3. The van der Waals surface area contributed by atoms with Crippen molar-refractivity contribution in [3.8, 4) is 5.75 Å². The lowest BCUT2D eigenvalue weighted by Gasteiger charge is -2.07. The molecule has 0 aliphatic rings. The lowest BCUT2D eigenvalue weighted by molar-refractivity contribution is 0.414. The first-order valence-corrected chi connectivity index (χ1v) is 9.74. The zero-order valence-electron chi connectivity index (χ0n) is 13.7. The van der Waals surface area contributed by atoms with Gasteiger partial charge in [0.2, 0.25) is 0 Å². The summed E-state index contributed by atoms with van der Waals surface area (Å²) < 4.78 is 34.0. The summed E-state index contributed by atoms with van der Waals surface area (Å²) in [5.74, 6) is 0.580. The molecule has 136 valence electrons. The van der Waals surface area contributed by atoms with E-state index in [1.54, 1.807) is 41.2 Å². The van der Waals surface area contributed by atoms with E-state index in [4.69, 9.17) is 27.9 Å². The van der Waals surface area contributed by atoms with Gasteiger partial charge in [0.05, 0.1) is 30.4 Å². The summed E-state index contributed by atoms with van der Waals surface area (Å²) in [6.45, 7) is 0.389. The van der Waals surface area contributed by atoms with Crippen LogP contribution in [0.15, 0.2) is 59.8 Å². The van der Waals surface area contributed by atoms with Crippen molar-refractivity contribution in [2.24, 2.45) is 0 Å². The van der Waals surface area contributed by atoms with E-state index in [1.165, 1.54) is 25.4 Å². The molecule has 0 saturated carbocycles. The predicted octanol–water partition coefficient (Wildman–Crippen LogP) is 4.05. The third kappa shape index (κ3) is 4.30. The zero-order chi connectivity index (χ0) is 18.7. The van der Waals surface area contributed by atoms with Crippen LogP contribution in [0.25, 0.3) is 0 Å². The van der Waals surface area contributed by atoms with Gasteiger partial charge >= 0.3 is 0 Å². The van der Waals surface area contributed by atoms with Crippen molar-refractivity contribution in [3.63, 3.8) is 0 Å². The number of halogens is 2. The van der Waals surface area contributed by atoms with E-state index < -0.39 is 10.0 Å². The molecule has 0 unspecified atom stereocenters. The van der Waals surface area contributed by atoms with Gasteiger partial charge in [-0.2, -0.15) is 5.10 Å². The lowest BCUT2D eigenvalue weighted by Crippen LogP contribution is -2.12. The highest BCUT2D eigenvalue weighted by atomic mass is 35.5. The Morgan fingerprint density at radius 2 is 1.88 bits per heavy atom. The molecule has 26 heavy (non-hydrogen) atoms. The molecule has 3 aromatic rings. The molecule has 0 aliphatic heterocycles. The van der Waals surface area contributed by atoms with Crippen LogP contribution >= 0.6 is 23.2 Å². The summed E-state index contributed by atoms with van der Waals surface area (Å²) in [6.07, 6.45) is 3.02. The molecule has 0 radical (unpaired) electrons. The number of ether oxygens (including phenoxy) is 1. The first-order valence-electron chi connectivity index (χ1n) is 7.50. The molecule has 0 amide bonds. The van der Waals surface area contributed by atoms with E-state index in [9.17, 15) is 8.42 Å². The number of methoxy groups -OCH3 is 1. The van der Waals surface area contributed by atoms with Gasteiger partial charge in [0.15, 0.2) is 0 Å². The Morgan fingerprint density at radius 1 is 1.15 bits per heavy atom. The SMILES string of the molecule is COc1ccc(S(=O)(=O)Nc2cnn(Cc3ccc(Cl)cc3Cl)c2)cc1. The number of hydrogen-bond donors (Lipinski definition) is 1. The molecule has 0 bridgehead atoms. The van der Waals surface area contributed by atoms with Crippen molar-refractivity contribution in [1.82, 2.24) is 9.78 Å². The molecule has 1 aromatic heterocycles. The number of rotatable bonds is 6. The molecule has 1 heterocycles. The fraction of sp³-hybridized carbons (Fsp3) is 0.118. The number of anilines is 1. The second-order valence-corrected chi connectivity index (χ2v) is 7.97. The van der Waals surface area contributed by atoms with Crippen LogP contribution in [-0.4, -0.2) is 25.3 Å². The van der Waals surface area contributed by atoms with Gasteiger partial charge < -0.3 is 4.74 Å².